The average molecular weight is 730 g/mol. The molecule has 0 atom stereocenters. The van der Waals surface area contributed by atoms with E-state index in [1.54, 1.807) is 18.6 Å². The lowest BCUT2D eigenvalue weighted by atomic mass is 9.97. The molecule has 0 aliphatic heterocycles. The highest BCUT2D eigenvalue weighted by molar-refractivity contribution is 6.10. The third-order valence-electron chi connectivity index (χ3n) is 10.7. The Bertz CT molecular complexity index is 3300. The molecule has 0 amide bonds. The van der Waals surface area contributed by atoms with Gasteiger partial charge in [0.1, 0.15) is 5.82 Å². The fourth-order valence-electron chi connectivity index (χ4n) is 7.83. The predicted molar refractivity (Wildman–Crippen MR) is 230 cm³/mol. The Kier molecular flexibility index (Phi) is 7.67. The third-order valence-corrected chi connectivity index (χ3v) is 10.7. The largest absolute Gasteiger partial charge is 0.294 e. The molecule has 0 saturated heterocycles. The quantitative estimate of drug-likeness (QED) is 0.169. The maximum Gasteiger partial charge on any atom is 0.138 e. The van der Waals surface area contributed by atoms with Crippen LogP contribution in [0, 0.1) is 0 Å². The Morgan fingerprint density at radius 2 is 1.09 bits per heavy atom. The second kappa shape index (κ2) is 13.4. The van der Waals surface area contributed by atoms with E-state index in [4.69, 9.17) is 9.97 Å². The van der Waals surface area contributed by atoms with Gasteiger partial charge in [0.05, 0.1) is 39.1 Å². The van der Waals surface area contributed by atoms with Crippen LogP contribution in [-0.2, 0) is 0 Å². The van der Waals surface area contributed by atoms with Crippen molar-refractivity contribution in [3.05, 3.63) is 189 Å². The smallest absolute Gasteiger partial charge is 0.138 e. The number of nitrogens with zero attached hydrogens (tertiary/aromatic N) is 7. The number of fused-ring (bicyclic) bond motifs is 5. The van der Waals surface area contributed by atoms with Crippen LogP contribution in [-0.4, -0.2) is 34.5 Å². The van der Waals surface area contributed by atoms with Crippen LogP contribution in [0.4, 0.5) is 0 Å². The first-order chi connectivity index (χ1) is 28.2. The van der Waals surface area contributed by atoms with Crippen LogP contribution in [0.1, 0.15) is 0 Å². The number of hydrogen-bond donors (Lipinski definition) is 0. The van der Waals surface area contributed by atoms with Crippen LogP contribution in [0.15, 0.2) is 189 Å². The van der Waals surface area contributed by atoms with Gasteiger partial charge in [-0.2, -0.15) is 0 Å². The number of rotatable bonds is 6. The van der Waals surface area contributed by atoms with Crippen molar-refractivity contribution in [1.82, 2.24) is 34.5 Å². The summed E-state index contributed by atoms with van der Waals surface area (Å²) in [6, 6.07) is 53.0. The summed E-state index contributed by atoms with van der Waals surface area (Å²) in [6.07, 6.45) is 10.9. The van der Waals surface area contributed by atoms with Crippen molar-refractivity contribution in [1.29, 1.82) is 0 Å². The molecule has 0 saturated carbocycles. The van der Waals surface area contributed by atoms with Gasteiger partial charge in [0.25, 0.3) is 0 Å². The molecule has 11 rings (SSSR count). The molecule has 6 heterocycles. The van der Waals surface area contributed by atoms with Gasteiger partial charge >= 0.3 is 0 Å². The maximum absolute atomic E-state index is 5.16. The summed E-state index contributed by atoms with van der Waals surface area (Å²) in [5, 5.41) is 4.60. The number of benzene rings is 5. The van der Waals surface area contributed by atoms with E-state index in [1.807, 2.05) is 48.9 Å². The lowest BCUT2D eigenvalue weighted by Gasteiger charge is -2.12. The minimum atomic E-state index is 0.833. The van der Waals surface area contributed by atoms with E-state index >= 15 is 0 Å². The van der Waals surface area contributed by atoms with Gasteiger partial charge in [0, 0.05) is 64.6 Å². The lowest BCUT2D eigenvalue weighted by molar-refractivity contribution is 1.08. The third kappa shape index (κ3) is 5.86. The number of hydrogen-bond acceptors (Lipinski definition) is 6. The number of pyridine rings is 4. The average Bonchev–Trinajstić information content (AvgIpc) is 3.62. The Labute approximate surface area is 327 Å². The van der Waals surface area contributed by atoms with Crippen molar-refractivity contribution in [3.8, 4) is 61.8 Å². The van der Waals surface area contributed by atoms with Crippen LogP contribution in [0.3, 0.4) is 0 Å². The van der Waals surface area contributed by atoms with E-state index in [2.05, 4.69) is 146 Å². The first kappa shape index (κ1) is 32.5. The van der Waals surface area contributed by atoms with Gasteiger partial charge < -0.3 is 0 Å². The summed E-state index contributed by atoms with van der Waals surface area (Å²) in [4.78, 5) is 28.2. The minimum Gasteiger partial charge on any atom is -0.294 e. The summed E-state index contributed by atoms with van der Waals surface area (Å²) in [7, 11) is 0. The van der Waals surface area contributed by atoms with Crippen molar-refractivity contribution in [2.45, 2.75) is 0 Å². The first-order valence-corrected chi connectivity index (χ1v) is 18.8. The van der Waals surface area contributed by atoms with Crippen molar-refractivity contribution < 1.29 is 0 Å². The second-order valence-electron chi connectivity index (χ2n) is 14.1. The monoisotopic (exact) mass is 729 g/mol. The molecule has 0 radical (unpaired) electrons. The summed E-state index contributed by atoms with van der Waals surface area (Å²) < 4.78 is 2.22. The van der Waals surface area contributed by atoms with Gasteiger partial charge in [-0.1, -0.05) is 78.9 Å². The SMILES string of the molecule is c1cncc(-c2cc(-c3ccc4ccccc4c3)cc(-c3ccc(-c4ccc5c(c4)c4cnccc4n5-c4cccc(-c5ccc6nccnc6c5)n4)cc3)n2)c1. The molecule has 0 aliphatic rings. The predicted octanol–water partition coefficient (Wildman–Crippen LogP) is 11.8. The zero-order valence-electron chi connectivity index (χ0n) is 30.5. The fourth-order valence-corrected chi connectivity index (χ4v) is 7.83. The van der Waals surface area contributed by atoms with Crippen molar-refractivity contribution in [2.24, 2.45) is 0 Å². The number of aromatic nitrogens is 7. The highest BCUT2D eigenvalue weighted by Crippen LogP contribution is 2.36. The van der Waals surface area contributed by atoms with Gasteiger partial charge in [-0.05, 0) is 106 Å². The molecule has 0 unspecified atom stereocenters. The second-order valence-corrected chi connectivity index (χ2v) is 14.1. The van der Waals surface area contributed by atoms with Crippen LogP contribution >= 0.6 is 0 Å². The molecule has 11 aromatic rings. The van der Waals surface area contributed by atoms with Crippen LogP contribution in [0.25, 0.3) is 105 Å². The summed E-state index contributed by atoms with van der Waals surface area (Å²) in [6.45, 7) is 0. The van der Waals surface area contributed by atoms with E-state index < -0.39 is 0 Å². The van der Waals surface area contributed by atoms with Gasteiger partial charge in [0.15, 0.2) is 0 Å². The highest BCUT2D eigenvalue weighted by atomic mass is 15.1. The van der Waals surface area contributed by atoms with Crippen molar-refractivity contribution >= 4 is 43.6 Å². The topological polar surface area (TPSA) is 82.3 Å². The van der Waals surface area contributed by atoms with Gasteiger partial charge in [0.2, 0.25) is 0 Å². The van der Waals surface area contributed by atoms with Crippen LogP contribution in [0.2, 0.25) is 0 Å². The molecule has 0 fully saturated rings. The molecule has 57 heavy (non-hydrogen) atoms. The van der Waals surface area contributed by atoms with Crippen LogP contribution in [0.5, 0.6) is 0 Å². The lowest BCUT2D eigenvalue weighted by Crippen LogP contribution is -1.98. The molecule has 0 bridgehead atoms. The Morgan fingerprint density at radius 3 is 1.96 bits per heavy atom. The van der Waals surface area contributed by atoms with E-state index in [0.29, 0.717) is 0 Å². The minimum absolute atomic E-state index is 0.833. The molecular formula is C50H31N7. The maximum atomic E-state index is 5.16. The zero-order chi connectivity index (χ0) is 37.7. The van der Waals surface area contributed by atoms with Gasteiger partial charge in [-0.25, -0.2) is 9.97 Å². The molecule has 266 valence electrons. The Morgan fingerprint density at radius 1 is 0.351 bits per heavy atom. The van der Waals surface area contributed by atoms with Crippen molar-refractivity contribution in [2.75, 3.05) is 0 Å². The Hall–Kier alpha value is -7.90. The highest BCUT2D eigenvalue weighted by Gasteiger charge is 2.16. The molecule has 0 spiro atoms. The molecular weight excluding hydrogens is 699 g/mol. The van der Waals surface area contributed by atoms with Crippen molar-refractivity contribution in [3.63, 3.8) is 0 Å². The molecule has 0 aliphatic carbocycles. The molecule has 0 N–H and O–H groups in total. The molecule has 6 aromatic heterocycles. The molecule has 7 nitrogen and oxygen atoms in total. The van der Waals surface area contributed by atoms with E-state index in [9.17, 15) is 0 Å². The zero-order valence-corrected chi connectivity index (χ0v) is 30.5. The van der Waals surface area contributed by atoms with E-state index in [1.165, 1.54) is 10.8 Å². The summed E-state index contributed by atoms with van der Waals surface area (Å²) in [5.74, 6) is 0.833. The summed E-state index contributed by atoms with van der Waals surface area (Å²) >= 11 is 0. The normalized spacial score (nSPS) is 11.5. The summed E-state index contributed by atoms with van der Waals surface area (Å²) in [5.41, 5.74) is 13.9. The van der Waals surface area contributed by atoms with E-state index in [0.717, 1.165) is 94.7 Å². The Balaban J connectivity index is 0.971. The molecule has 5 aromatic carbocycles. The fraction of sp³-hybridized carbons (Fsp3) is 0. The molecule has 7 heteroatoms. The van der Waals surface area contributed by atoms with Crippen LogP contribution < -0.4 is 0 Å². The van der Waals surface area contributed by atoms with Gasteiger partial charge in [-0.3, -0.25) is 24.5 Å². The van der Waals surface area contributed by atoms with E-state index in [-0.39, 0.29) is 0 Å². The van der Waals surface area contributed by atoms with Gasteiger partial charge in [-0.15, -0.1) is 0 Å². The standard InChI is InChI=1S/C50H31N7/c1-2-6-35-25-36(15-12-32(35)5-1)40-28-45(55-46(29-40)39-7-4-21-51-30-39)34-13-10-33(11-14-34)37-17-19-48-41(26-37)42-31-52-22-20-49(42)57(48)50-9-3-8-43(56-50)38-16-18-44-47(27-38)54-24-23-53-44/h1-31H. The first-order valence-electron chi connectivity index (χ1n) is 18.8.